The van der Waals surface area contributed by atoms with Crippen LogP contribution in [0.2, 0.25) is 0 Å². The number of rotatable bonds is 5. The van der Waals surface area contributed by atoms with Crippen LogP contribution in [0.25, 0.3) is 27.8 Å². The molecular formula is C31H36N4O. The van der Waals surface area contributed by atoms with Crippen LogP contribution >= 0.6 is 0 Å². The zero-order valence-electron chi connectivity index (χ0n) is 21.6. The van der Waals surface area contributed by atoms with E-state index >= 15 is 0 Å². The molecule has 0 aliphatic heterocycles. The van der Waals surface area contributed by atoms with Gasteiger partial charge >= 0.3 is 0 Å². The highest BCUT2D eigenvalue weighted by Gasteiger charge is 2.20. The van der Waals surface area contributed by atoms with Gasteiger partial charge in [-0.3, -0.25) is 4.79 Å². The third kappa shape index (κ3) is 5.06. The van der Waals surface area contributed by atoms with Crippen molar-refractivity contribution in [2.75, 3.05) is 0 Å². The maximum absolute atomic E-state index is 13.5. The molecule has 4 aromatic rings. The first-order valence-corrected chi connectivity index (χ1v) is 13.4. The minimum Gasteiger partial charge on any atom is -0.349 e. The summed E-state index contributed by atoms with van der Waals surface area (Å²) in [5.41, 5.74) is 6.55. The van der Waals surface area contributed by atoms with E-state index in [2.05, 4.69) is 55.5 Å². The van der Waals surface area contributed by atoms with E-state index in [4.69, 9.17) is 4.98 Å². The normalized spacial score (nSPS) is 15.1. The average molecular weight is 481 g/mol. The molecule has 1 saturated carbocycles. The van der Waals surface area contributed by atoms with Crippen molar-refractivity contribution < 1.29 is 4.79 Å². The third-order valence-electron chi connectivity index (χ3n) is 7.49. The maximum Gasteiger partial charge on any atom is 0.252 e. The molecular weight excluding hydrogens is 444 g/mol. The summed E-state index contributed by atoms with van der Waals surface area (Å²) >= 11 is 0. The second kappa shape index (κ2) is 10.7. The van der Waals surface area contributed by atoms with Gasteiger partial charge in [-0.2, -0.15) is 5.10 Å². The van der Waals surface area contributed by atoms with Crippen LogP contribution in [0, 0.1) is 6.92 Å². The number of para-hydroxylation sites is 1. The topological polar surface area (TPSA) is 59.8 Å². The molecule has 0 saturated heterocycles. The van der Waals surface area contributed by atoms with Crippen LogP contribution in [0.1, 0.15) is 86.3 Å². The molecule has 1 amide bonds. The number of carbonyl (C=O) groups is 1. The molecule has 2 aromatic carbocycles. The number of hydrogen-bond acceptors (Lipinski definition) is 3. The highest BCUT2D eigenvalue weighted by Crippen LogP contribution is 2.29. The molecule has 0 atom stereocenters. The van der Waals surface area contributed by atoms with Crippen molar-refractivity contribution in [3.8, 4) is 16.9 Å². The predicted octanol–water partition coefficient (Wildman–Crippen LogP) is 7.36. The van der Waals surface area contributed by atoms with Crippen LogP contribution in [-0.4, -0.2) is 26.7 Å². The second-order valence-corrected chi connectivity index (χ2v) is 10.4. The number of pyridine rings is 1. The first-order chi connectivity index (χ1) is 17.5. The van der Waals surface area contributed by atoms with Gasteiger partial charge in [-0.1, -0.05) is 76.3 Å². The molecule has 1 aliphatic carbocycles. The van der Waals surface area contributed by atoms with Crippen LogP contribution in [0.5, 0.6) is 0 Å². The van der Waals surface area contributed by atoms with E-state index in [-0.39, 0.29) is 11.9 Å². The molecule has 0 unspecified atom stereocenters. The standard InChI is InChI=1S/C31H36N4O/c1-21(2)23-15-17-25(18-16-23)35-22(3)28(20-32-35)30-19-27(26-13-9-10-14-29(26)34-30)31(36)33-24-11-7-5-4-6-8-12-24/h9-10,13-21,24H,4-8,11-12H2,1-3H3,(H,33,36). The van der Waals surface area contributed by atoms with Gasteiger partial charge in [0.2, 0.25) is 0 Å². The summed E-state index contributed by atoms with van der Waals surface area (Å²) in [6.45, 7) is 6.45. The van der Waals surface area contributed by atoms with Crippen molar-refractivity contribution in [2.24, 2.45) is 0 Å². The largest absolute Gasteiger partial charge is 0.349 e. The Morgan fingerprint density at radius 3 is 2.39 bits per heavy atom. The van der Waals surface area contributed by atoms with Crippen molar-refractivity contribution in [1.29, 1.82) is 0 Å². The molecule has 5 rings (SSSR count). The van der Waals surface area contributed by atoms with Crippen molar-refractivity contribution in [2.45, 2.75) is 77.7 Å². The molecule has 36 heavy (non-hydrogen) atoms. The van der Waals surface area contributed by atoms with Crippen LogP contribution in [0.3, 0.4) is 0 Å². The second-order valence-electron chi connectivity index (χ2n) is 10.4. The van der Waals surface area contributed by atoms with Gasteiger partial charge in [0, 0.05) is 17.0 Å². The van der Waals surface area contributed by atoms with Gasteiger partial charge in [-0.25, -0.2) is 9.67 Å². The van der Waals surface area contributed by atoms with Gasteiger partial charge in [0.25, 0.3) is 5.91 Å². The first kappa shape index (κ1) is 24.2. The minimum atomic E-state index is -0.00487. The van der Waals surface area contributed by atoms with E-state index in [0.717, 1.165) is 46.4 Å². The number of hydrogen-bond donors (Lipinski definition) is 1. The molecule has 0 bridgehead atoms. The quantitative estimate of drug-likeness (QED) is 0.324. The summed E-state index contributed by atoms with van der Waals surface area (Å²) < 4.78 is 1.95. The molecule has 1 aliphatic rings. The SMILES string of the molecule is Cc1c(-c2cc(C(=O)NC3CCCCCCC3)c3ccccc3n2)cnn1-c1ccc(C(C)C)cc1. The molecule has 2 aromatic heterocycles. The Balaban J connectivity index is 1.49. The fourth-order valence-corrected chi connectivity index (χ4v) is 5.29. The lowest BCUT2D eigenvalue weighted by molar-refractivity contribution is 0.0932. The molecule has 0 spiro atoms. The Bertz CT molecular complexity index is 1350. The van der Waals surface area contributed by atoms with E-state index in [9.17, 15) is 4.79 Å². The minimum absolute atomic E-state index is 0.00487. The van der Waals surface area contributed by atoms with Gasteiger partial charge in [-0.05, 0) is 55.5 Å². The lowest BCUT2D eigenvalue weighted by atomic mass is 9.96. The van der Waals surface area contributed by atoms with Crippen LogP contribution in [0.15, 0.2) is 60.8 Å². The molecule has 186 valence electrons. The van der Waals surface area contributed by atoms with Crippen LogP contribution in [0.4, 0.5) is 0 Å². The molecule has 5 heteroatoms. The highest BCUT2D eigenvalue weighted by molar-refractivity contribution is 6.07. The van der Waals surface area contributed by atoms with Gasteiger partial charge in [0.05, 0.1) is 34.4 Å². The highest BCUT2D eigenvalue weighted by atomic mass is 16.1. The number of amides is 1. The van der Waals surface area contributed by atoms with Gasteiger partial charge in [0.15, 0.2) is 0 Å². The summed E-state index contributed by atoms with van der Waals surface area (Å²) in [7, 11) is 0. The number of benzene rings is 2. The van der Waals surface area contributed by atoms with Crippen molar-refractivity contribution >= 4 is 16.8 Å². The van der Waals surface area contributed by atoms with E-state index in [1.807, 2.05) is 41.2 Å². The zero-order chi connectivity index (χ0) is 25.1. The Kier molecular flexibility index (Phi) is 7.17. The Hall–Kier alpha value is -3.47. The Labute approximate surface area is 214 Å². The van der Waals surface area contributed by atoms with E-state index < -0.39 is 0 Å². The Morgan fingerprint density at radius 1 is 0.972 bits per heavy atom. The summed E-state index contributed by atoms with van der Waals surface area (Å²) in [5, 5.41) is 8.91. The summed E-state index contributed by atoms with van der Waals surface area (Å²) in [6.07, 6.45) is 10.2. The lowest BCUT2D eigenvalue weighted by Crippen LogP contribution is -2.35. The summed E-state index contributed by atoms with van der Waals surface area (Å²) in [4.78, 5) is 18.5. The lowest BCUT2D eigenvalue weighted by Gasteiger charge is -2.21. The molecule has 0 radical (unpaired) electrons. The fraction of sp³-hybridized carbons (Fsp3) is 0.387. The molecule has 2 heterocycles. The van der Waals surface area contributed by atoms with Gasteiger partial charge < -0.3 is 5.32 Å². The van der Waals surface area contributed by atoms with E-state index in [1.165, 1.54) is 37.7 Å². The molecule has 5 nitrogen and oxygen atoms in total. The van der Waals surface area contributed by atoms with Crippen molar-refractivity contribution in [1.82, 2.24) is 20.1 Å². The first-order valence-electron chi connectivity index (χ1n) is 13.4. The number of aromatic nitrogens is 3. The summed E-state index contributed by atoms with van der Waals surface area (Å²) in [6, 6.07) is 18.6. The Morgan fingerprint density at radius 2 is 1.67 bits per heavy atom. The number of nitrogens with one attached hydrogen (secondary N) is 1. The summed E-state index contributed by atoms with van der Waals surface area (Å²) in [5.74, 6) is 0.483. The monoisotopic (exact) mass is 480 g/mol. The average Bonchev–Trinajstić information content (AvgIpc) is 3.26. The van der Waals surface area contributed by atoms with Crippen LogP contribution in [-0.2, 0) is 0 Å². The van der Waals surface area contributed by atoms with Gasteiger partial charge in [0.1, 0.15) is 0 Å². The van der Waals surface area contributed by atoms with Crippen molar-refractivity contribution in [3.05, 3.63) is 77.6 Å². The molecule has 1 N–H and O–H groups in total. The smallest absolute Gasteiger partial charge is 0.252 e. The van der Waals surface area contributed by atoms with E-state index in [1.54, 1.807) is 0 Å². The maximum atomic E-state index is 13.5. The van der Waals surface area contributed by atoms with Gasteiger partial charge in [-0.15, -0.1) is 0 Å². The van der Waals surface area contributed by atoms with E-state index in [0.29, 0.717) is 11.5 Å². The van der Waals surface area contributed by atoms with Crippen molar-refractivity contribution in [3.63, 3.8) is 0 Å². The van der Waals surface area contributed by atoms with Crippen LogP contribution < -0.4 is 5.32 Å². The predicted molar refractivity (Wildman–Crippen MR) is 147 cm³/mol. The fourth-order valence-electron chi connectivity index (χ4n) is 5.29. The zero-order valence-corrected chi connectivity index (χ0v) is 21.6. The molecule has 1 fully saturated rings. The number of carbonyl (C=O) groups excluding carboxylic acids is 1. The third-order valence-corrected chi connectivity index (χ3v) is 7.49. The number of nitrogens with zero attached hydrogens (tertiary/aromatic N) is 3. The number of fused-ring (bicyclic) bond motifs is 1.